The predicted molar refractivity (Wildman–Crippen MR) is 98.1 cm³/mol. The van der Waals surface area contributed by atoms with Crippen LogP contribution in [0.4, 0.5) is 0 Å². The maximum atomic E-state index is 12.5. The van der Waals surface area contributed by atoms with E-state index in [1.807, 2.05) is 24.3 Å². The van der Waals surface area contributed by atoms with Gasteiger partial charge in [-0.3, -0.25) is 4.57 Å². The number of benzene rings is 1. The molecule has 1 N–H and O–H groups in total. The van der Waals surface area contributed by atoms with Crippen molar-refractivity contribution in [2.24, 2.45) is 16.7 Å². The largest absolute Gasteiger partial charge is 0.354 e. The fraction of sp³-hybridized carbons (Fsp3) is 0.650. The van der Waals surface area contributed by atoms with Gasteiger partial charge in [0.05, 0.1) is 17.1 Å². The Bertz CT molecular complexity index is 773. The summed E-state index contributed by atoms with van der Waals surface area (Å²) in [6, 6.07) is 7.84. The van der Waals surface area contributed by atoms with E-state index < -0.39 is 0 Å². The van der Waals surface area contributed by atoms with E-state index in [1.54, 1.807) is 4.57 Å². The normalized spacial score (nSPS) is 25.5. The SMILES string of the molecule is CC(C)(C)C[C@H]1O[C@@H](n2c(=O)[nH]c3ccccc32)CC1C(C)(C)C. The number of imidazole rings is 1. The highest BCUT2D eigenvalue weighted by atomic mass is 16.5. The molecular weight excluding hydrogens is 300 g/mol. The van der Waals surface area contributed by atoms with Crippen molar-refractivity contribution in [1.29, 1.82) is 0 Å². The molecule has 1 fully saturated rings. The van der Waals surface area contributed by atoms with Crippen molar-refractivity contribution < 1.29 is 4.74 Å². The molecule has 0 radical (unpaired) electrons. The number of para-hydroxylation sites is 2. The summed E-state index contributed by atoms with van der Waals surface area (Å²) in [6.45, 7) is 13.6. The van der Waals surface area contributed by atoms with E-state index in [0.717, 1.165) is 23.9 Å². The Hall–Kier alpha value is -1.55. The second kappa shape index (κ2) is 5.76. The first kappa shape index (κ1) is 17.3. The number of aromatic amines is 1. The van der Waals surface area contributed by atoms with Crippen LogP contribution in [-0.4, -0.2) is 15.7 Å². The van der Waals surface area contributed by atoms with E-state index in [0.29, 0.717) is 5.92 Å². The number of nitrogens with zero attached hydrogens (tertiary/aromatic N) is 1. The number of hydrogen-bond acceptors (Lipinski definition) is 2. The fourth-order valence-corrected chi connectivity index (χ4v) is 3.95. The number of fused-ring (bicyclic) bond motifs is 1. The first-order valence-electron chi connectivity index (χ1n) is 8.91. The van der Waals surface area contributed by atoms with E-state index in [2.05, 4.69) is 46.5 Å². The Morgan fingerprint density at radius 1 is 1.17 bits per heavy atom. The van der Waals surface area contributed by atoms with Crippen LogP contribution in [0.1, 0.15) is 60.6 Å². The van der Waals surface area contributed by atoms with Gasteiger partial charge in [-0.2, -0.15) is 0 Å². The first-order valence-corrected chi connectivity index (χ1v) is 8.91. The van der Waals surface area contributed by atoms with Gasteiger partial charge in [0.1, 0.15) is 6.23 Å². The van der Waals surface area contributed by atoms with Gasteiger partial charge < -0.3 is 9.72 Å². The van der Waals surface area contributed by atoms with Gasteiger partial charge in [0.25, 0.3) is 0 Å². The zero-order chi connectivity index (χ0) is 17.7. The molecule has 24 heavy (non-hydrogen) atoms. The van der Waals surface area contributed by atoms with Crippen LogP contribution in [0, 0.1) is 16.7 Å². The molecule has 0 spiro atoms. The van der Waals surface area contributed by atoms with Gasteiger partial charge in [0.2, 0.25) is 0 Å². The highest BCUT2D eigenvalue weighted by molar-refractivity contribution is 5.75. The molecule has 2 heterocycles. The standard InChI is InChI=1S/C20H30N2O2/c1-19(2,3)12-16-13(20(4,5)6)11-17(24-16)22-15-10-8-7-9-14(15)21-18(22)23/h7-10,13,16-17H,11-12H2,1-6H3,(H,21,23)/t13?,16-,17-/m1/s1. The van der Waals surface area contributed by atoms with Gasteiger partial charge in [-0.1, -0.05) is 53.7 Å². The van der Waals surface area contributed by atoms with Crippen molar-refractivity contribution in [2.45, 2.75) is 66.7 Å². The average molecular weight is 330 g/mol. The van der Waals surface area contributed by atoms with Gasteiger partial charge in [-0.25, -0.2) is 4.79 Å². The zero-order valence-corrected chi connectivity index (χ0v) is 15.7. The minimum absolute atomic E-state index is 0.0785. The fourth-order valence-electron chi connectivity index (χ4n) is 3.95. The summed E-state index contributed by atoms with van der Waals surface area (Å²) in [5.41, 5.74) is 2.08. The number of nitrogens with one attached hydrogen (secondary N) is 1. The molecule has 1 saturated heterocycles. The van der Waals surface area contributed by atoms with Crippen molar-refractivity contribution in [1.82, 2.24) is 9.55 Å². The summed E-state index contributed by atoms with van der Waals surface area (Å²) in [4.78, 5) is 15.4. The van der Waals surface area contributed by atoms with Crippen molar-refractivity contribution in [2.75, 3.05) is 0 Å². The summed E-state index contributed by atoms with van der Waals surface area (Å²) >= 11 is 0. The Labute approximate surface area is 144 Å². The number of hydrogen-bond donors (Lipinski definition) is 1. The Morgan fingerprint density at radius 3 is 2.46 bits per heavy atom. The molecule has 1 unspecified atom stereocenters. The summed E-state index contributed by atoms with van der Waals surface area (Å²) in [6.07, 6.45) is 1.87. The molecule has 3 rings (SSSR count). The number of rotatable bonds is 2. The first-order chi connectivity index (χ1) is 11.1. The van der Waals surface area contributed by atoms with Crippen molar-refractivity contribution >= 4 is 11.0 Å². The third kappa shape index (κ3) is 3.30. The second-order valence-electron chi connectivity index (χ2n) is 9.42. The smallest absolute Gasteiger partial charge is 0.328 e. The summed E-state index contributed by atoms with van der Waals surface area (Å²) in [5.74, 6) is 0.433. The van der Waals surface area contributed by atoms with E-state index >= 15 is 0 Å². The number of aromatic nitrogens is 2. The topological polar surface area (TPSA) is 47.0 Å². The Morgan fingerprint density at radius 2 is 1.83 bits per heavy atom. The lowest BCUT2D eigenvalue weighted by molar-refractivity contribution is -0.0318. The zero-order valence-electron chi connectivity index (χ0n) is 15.7. The second-order valence-corrected chi connectivity index (χ2v) is 9.42. The van der Waals surface area contributed by atoms with Crippen LogP contribution in [0.3, 0.4) is 0 Å². The van der Waals surface area contributed by atoms with Gasteiger partial charge in [0.15, 0.2) is 0 Å². The maximum Gasteiger partial charge on any atom is 0.328 e. The van der Waals surface area contributed by atoms with Crippen LogP contribution in [-0.2, 0) is 4.74 Å². The van der Waals surface area contributed by atoms with Crippen molar-refractivity contribution in [3.05, 3.63) is 34.7 Å². The van der Waals surface area contributed by atoms with Crippen LogP contribution < -0.4 is 5.69 Å². The third-order valence-electron chi connectivity index (χ3n) is 5.07. The summed E-state index contributed by atoms with van der Waals surface area (Å²) < 4.78 is 8.26. The van der Waals surface area contributed by atoms with E-state index in [-0.39, 0.29) is 28.9 Å². The lowest BCUT2D eigenvalue weighted by atomic mass is 9.73. The Balaban J connectivity index is 1.98. The minimum atomic E-state index is -0.190. The van der Waals surface area contributed by atoms with Crippen molar-refractivity contribution in [3.63, 3.8) is 0 Å². The highest BCUT2D eigenvalue weighted by Crippen LogP contribution is 2.47. The molecule has 1 aromatic heterocycles. The molecule has 3 atom stereocenters. The molecule has 0 aliphatic carbocycles. The molecule has 132 valence electrons. The monoisotopic (exact) mass is 330 g/mol. The molecule has 2 aromatic rings. The number of ether oxygens (including phenoxy) is 1. The van der Waals surface area contributed by atoms with Gasteiger partial charge in [-0.05, 0) is 41.7 Å². The van der Waals surface area contributed by atoms with Gasteiger partial charge in [-0.15, -0.1) is 0 Å². The number of H-pyrrole nitrogens is 1. The van der Waals surface area contributed by atoms with Gasteiger partial charge >= 0.3 is 5.69 Å². The predicted octanol–water partition coefficient (Wildman–Crippen LogP) is 4.72. The lowest BCUT2D eigenvalue weighted by Gasteiger charge is -2.33. The summed E-state index contributed by atoms with van der Waals surface area (Å²) in [7, 11) is 0. The van der Waals surface area contributed by atoms with E-state index in [1.165, 1.54) is 0 Å². The highest BCUT2D eigenvalue weighted by Gasteiger charge is 2.44. The average Bonchev–Trinajstić information content (AvgIpc) is 2.96. The molecule has 1 aliphatic heterocycles. The third-order valence-corrected chi connectivity index (χ3v) is 5.07. The van der Waals surface area contributed by atoms with Crippen LogP contribution in [0.5, 0.6) is 0 Å². The van der Waals surface area contributed by atoms with Crippen LogP contribution in [0.25, 0.3) is 11.0 Å². The van der Waals surface area contributed by atoms with Crippen LogP contribution >= 0.6 is 0 Å². The quantitative estimate of drug-likeness (QED) is 0.866. The minimum Gasteiger partial charge on any atom is -0.354 e. The molecule has 1 aliphatic rings. The Kier molecular flexibility index (Phi) is 4.15. The molecule has 1 aromatic carbocycles. The molecule has 0 saturated carbocycles. The molecule has 0 amide bonds. The lowest BCUT2D eigenvalue weighted by Crippen LogP contribution is -2.31. The molecule has 4 nitrogen and oxygen atoms in total. The van der Waals surface area contributed by atoms with Crippen LogP contribution in [0.15, 0.2) is 29.1 Å². The molecule has 4 heteroatoms. The molecular formula is C20H30N2O2. The van der Waals surface area contributed by atoms with Gasteiger partial charge in [0, 0.05) is 0 Å². The van der Waals surface area contributed by atoms with E-state index in [9.17, 15) is 4.79 Å². The van der Waals surface area contributed by atoms with E-state index in [4.69, 9.17) is 4.74 Å². The maximum absolute atomic E-state index is 12.5. The molecule has 0 bridgehead atoms. The van der Waals surface area contributed by atoms with Crippen molar-refractivity contribution in [3.8, 4) is 0 Å². The summed E-state index contributed by atoms with van der Waals surface area (Å²) in [5, 5.41) is 0. The van der Waals surface area contributed by atoms with Crippen LogP contribution in [0.2, 0.25) is 0 Å².